The lowest BCUT2D eigenvalue weighted by molar-refractivity contribution is 0.371. The molecule has 0 atom stereocenters. The van der Waals surface area contributed by atoms with Gasteiger partial charge in [-0.2, -0.15) is 8.42 Å². The van der Waals surface area contributed by atoms with Crippen LogP contribution < -0.4 is 20.1 Å². The quantitative estimate of drug-likeness (QED) is 0.239. The molecule has 0 saturated carbocycles. The van der Waals surface area contributed by atoms with Gasteiger partial charge in [-0.05, 0) is 36.4 Å². The van der Waals surface area contributed by atoms with E-state index >= 15 is 0 Å². The Kier molecular flexibility index (Phi) is 7.15. The minimum atomic E-state index is -4.08. The third-order valence-electron chi connectivity index (χ3n) is 6.02. The van der Waals surface area contributed by atoms with Crippen LogP contribution in [0.3, 0.4) is 0 Å². The van der Waals surface area contributed by atoms with Crippen LogP contribution in [0.4, 0.5) is 19.6 Å². The van der Waals surface area contributed by atoms with Gasteiger partial charge in [0, 0.05) is 41.6 Å². The van der Waals surface area contributed by atoms with Crippen molar-refractivity contribution >= 4 is 32.2 Å². The van der Waals surface area contributed by atoms with Gasteiger partial charge in [0.1, 0.15) is 0 Å². The van der Waals surface area contributed by atoms with Crippen LogP contribution in [0, 0.1) is 11.6 Å². The minimum absolute atomic E-state index is 0.0158. The highest BCUT2D eigenvalue weighted by Crippen LogP contribution is 2.39. The second-order valence-electron chi connectivity index (χ2n) is 8.53. The molecule has 198 valence electrons. The van der Waals surface area contributed by atoms with Crippen molar-refractivity contribution in [1.29, 1.82) is 0 Å². The fourth-order valence-corrected chi connectivity index (χ4v) is 6.11. The Balaban J connectivity index is 1.33. The fraction of sp³-hybridized carbons (Fsp3) is 0.200. The van der Waals surface area contributed by atoms with Crippen LogP contribution in [0.15, 0.2) is 59.8 Å². The number of hydrogen-bond donors (Lipinski definition) is 4. The molecule has 1 fully saturated rings. The molecule has 2 aromatic heterocycles. The Bertz CT molecular complexity index is 1580. The van der Waals surface area contributed by atoms with Gasteiger partial charge in [0.2, 0.25) is 0 Å². The highest BCUT2D eigenvalue weighted by molar-refractivity contribution is 7.92. The highest BCUT2D eigenvalue weighted by Gasteiger charge is 2.28. The van der Waals surface area contributed by atoms with Gasteiger partial charge in [-0.15, -0.1) is 11.3 Å². The first-order valence-corrected chi connectivity index (χ1v) is 13.8. The van der Waals surface area contributed by atoms with E-state index in [1.807, 2.05) is 0 Å². The number of aromatic hydroxyl groups is 1. The maximum Gasteiger partial charge on any atom is 0.281 e. The number of phenolic OH excluding ortho intramolecular Hbond substituents is 1. The first-order chi connectivity index (χ1) is 18.2. The number of aromatic nitrogens is 2. The zero-order valence-corrected chi connectivity index (χ0v) is 21.7. The summed E-state index contributed by atoms with van der Waals surface area (Å²) in [5.74, 6) is -1.53. The second kappa shape index (κ2) is 10.5. The average Bonchev–Trinajstić information content (AvgIpc) is 3.26. The summed E-state index contributed by atoms with van der Waals surface area (Å²) in [7, 11) is -2.61. The van der Waals surface area contributed by atoms with Crippen molar-refractivity contribution in [2.24, 2.45) is 0 Å². The molecule has 0 radical (unpaired) electrons. The van der Waals surface area contributed by atoms with E-state index in [1.165, 1.54) is 25.4 Å². The molecule has 2 aromatic carbocycles. The number of nitrogens with zero attached hydrogens (tertiary/aromatic N) is 2. The fourth-order valence-electron chi connectivity index (χ4n) is 3.86. The maximum absolute atomic E-state index is 13.9. The van der Waals surface area contributed by atoms with E-state index in [1.54, 1.807) is 24.3 Å². The SMILES string of the molecule is COc1cccc(CNc2ccc(S(=O)(=O)Nc3nc(-c4ccc(F)c(F)c4)c(C4CNC4)s3)nc2)c1O. The van der Waals surface area contributed by atoms with Crippen LogP contribution >= 0.6 is 11.3 Å². The van der Waals surface area contributed by atoms with E-state index in [9.17, 15) is 22.3 Å². The van der Waals surface area contributed by atoms with Crippen LogP contribution in [-0.2, 0) is 16.6 Å². The van der Waals surface area contributed by atoms with Crippen LogP contribution in [0.2, 0.25) is 0 Å². The van der Waals surface area contributed by atoms with E-state index in [0.717, 1.165) is 28.3 Å². The van der Waals surface area contributed by atoms with Gasteiger partial charge in [-0.3, -0.25) is 4.72 Å². The zero-order valence-electron chi connectivity index (χ0n) is 20.0. The van der Waals surface area contributed by atoms with Gasteiger partial charge in [0.15, 0.2) is 33.3 Å². The van der Waals surface area contributed by atoms with Crippen molar-refractivity contribution in [2.45, 2.75) is 17.5 Å². The molecule has 0 bridgehead atoms. The number of sulfonamides is 1. The van der Waals surface area contributed by atoms with Crippen LogP contribution in [0.5, 0.6) is 11.5 Å². The number of hydrogen-bond acceptors (Lipinski definition) is 9. The number of ether oxygens (including phenoxy) is 1. The normalized spacial score (nSPS) is 13.7. The van der Waals surface area contributed by atoms with Crippen LogP contribution in [-0.4, -0.2) is 43.7 Å². The topological polar surface area (TPSA) is 125 Å². The molecule has 1 aliphatic rings. The summed E-state index contributed by atoms with van der Waals surface area (Å²) in [6.07, 6.45) is 1.37. The number of nitrogens with one attached hydrogen (secondary N) is 3. The van der Waals surface area contributed by atoms with Crippen molar-refractivity contribution in [2.75, 3.05) is 30.2 Å². The molecule has 0 amide bonds. The maximum atomic E-state index is 13.9. The van der Waals surface area contributed by atoms with E-state index in [2.05, 4.69) is 25.3 Å². The molecule has 9 nitrogen and oxygen atoms in total. The molecular weight excluding hydrogens is 536 g/mol. The molecule has 4 aromatic rings. The number of thiazole rings is 1. The number of phenols is 1. The van der Waals surface area contributed by atoms with Gasteiger partial charge < -0.3 is 20.5 Å². The van der Waals surface area contributed by atoms with E-state index in [-0.39, 0.29) is 28.4 Å². The van der Waals surface area contributed by atoms with Crippen LogP contribution in [0.25, 0.3) is 11.3 Å². The largest absolute Gasteiger partial charge is 0.504 e. The molecule has 1 aliphatic heterocycles. The lowest BCUT2D eigenvalue weighted by Gasteiger charge is -2.26. The molecule has 0 spiro atoms. The molecule has 0 aliphatic carbocycles. The van der Waals surface area contributed by atoms with E-state index < -0.39 is 21.7 Å². The molecule has 5 rings (SSSR count). The minimum Gasteiger partial charge on any atom is -0.504 e. The number of pyridine rings is 1. The van der Waals surface area contributed by atoms with Gasteiger partial charge >= 0.3 is 0 Å². The number of benzene rings is 2. The molecule has 4 N–H and O–H groups in total. The molecule has 0 unspecified atom stereocenters. The predicted molar refractivity (Wildman–Crippen MR) is 140 cm³/mol. The first-order valence-electron chi connectivity index (χ1n) is 11.5. The monoisotopic (exact) mass is 559 g/mol. The van der Waals surface area contributed by atoms with Crippen molar-refractivity contribution in [3.05, 3.63) is 76.8 Å². The number of rotatable bonds is 9. The number of halogens is 2. The average molecular weight is 560 g/mol. The second-order valence-corrected chi connectivity index (χ2v) is 11.2. The van der Waals surface area contributed by atoms with Crippen molar-refractivity contribution in [3.63, 3.8) is 0 Å². The number of para-hydroxylation sites is 1. The van der Waals surface area contributed by atoms with Gasteiger partial charge in [0.25, 0.3) is 10.0 Å². The lowest BCUT2D eigenvalue weighted by atomic mass is 9.97. The molecule has 13 heteroatoms. The smallest absolute Gasteiger partial charge is 0.281 e. The third-order valence-corrected chi connectivity index (χ3v) is 8.53. The van der Waals surface area contributed by atoms with Crippen molar-refractivity contribution in [3.8, 4) is 22.8 Å². The summed E-state index contributed by atoms with van der Waals surface area (Å²) in [5, 5.41) is 16.3. The standard InChI is InChI=1S/C25H23F2N5O4S2/c1-36-20-4-2-3-15(23(20)33)12-29-17-6-8-21(30-13-17)38(34,35)32-25-31-22(24(37-25)16-10-28-11-16)14-5-7-18(26)19(27)9-14/h2-9,13,16,28-29,33H,10-12H2,1H3,(H,31,32). The number of anilines is 2. The first kappa shape index (κ1) is 25.8. The Labute approximate surface area is 221 Å². The van der Waals surface area contributed by atoms with Gasteiger partial charge in [-0.25, -0.2) is 18.7 Å². The summed E-state index contributed by atoms with van der Waals surface area (Å²) in [5.41, 5.74) is 1.91. The zero-order chi connectivity index (χ0) is 26.9. The van der Waals surface area contributed by atoms with Crippen molar-refractivity contribution < 1.29 is 27.0 Å². The summed E-state index contributed by atoms with van der Waals surface area (Å²) in [6.45, 7) is 1.61. The lowest BCUT2D eigenvalue weighted by Crippen LogP contribution is -2.39. The van der Waals surface area contributed by atoms with E-state index in [4.69, 9.17) is 4.74 Å². The van der Waals surface area contributed by atoms with E-state index in [0.29, 0.717) is 41.3 Å². The summed E-state index contributed by atoms with van der Waals surface area (Å²) in [6, 6.07) is 11.5. The highest BCUT2D eigenvalue weighted by atomic mass is 32.2. The number of methoxy groups -OCH3 is 1. The summed E-state index contributed by atoms with van der Waals surface area (Å²) >= 11 is 1.15. The van der Waals surface area contributed by atoms with Crippen LogP contribution in [0.1, 0.15) is 16.4 Å². The molecule has 1 saturated heterocycles. The molecule has 3 heterocycles. The molecular formula is C25H23F2N5O4S2. The third kappa shape index (κ3) is 5.26. The molecule has 38 heavy (non-hydrogen) atoms. The Morgan fingerprint density at radius 2 is 1.97 bits per heavy atom. The van der Waals surface area contributed by atoms with Gasteiger partial charge in [0.05, 0.1) is 24.7 Å². The van der Waals surface area contributed by atoms with Crippen molar-refractivity contribution in [1.82, 2.24) is 15.3 Å². The Morgan fingerprint density at radius 3 is 2.63 bits per heavy atom. The van der Waals surface area contributed by atoms with Gasteiger partial charge in [-0.1, -0.05) is 12.1 Å². The summed E-state index contributed by atoms with van der Waals surface area (Å²) < 4.78 is 60.9. The predicted octanol–water partition coefficient (Wildman–Crippen LogP) is 4.30. The Morgan fingerprint density at radius 1 is 1.16 bits per heavy atom. The summed E-state index contributed by atoms with van der Waals surface area (Å²) in [4.78, 5) is 9.25. The Hall–Kier alpha value is -3.81.